The Balaban J connectivity index is 1.46. The maximum Gasteiger partial charge on any atom is 0.410 e. The fourth-order valence-corrected chi connectivity index (χ4v) is 4.90. The van der Waals surface area contributed by atoms with Gasteiger partial charge >= 0.3 is 6.09 Å². The molecule has 5 rings (SSSR count). The van der Waals surface area contributed by atoms with Crippen LogP contribution >= 0.6 is 0 Å². The number of hydrogen-bond acceptors (Lipinski definition) is 8. The minimum Gasteiger partial charge on any atom is -0.444 e. The van der Waals surface area contributed by atoms with E-state index in [9.17, 15) is 14.0 Å². The zero-order valence-corrected chi connectivity index (χ0v) is 22.8. The van der Waals surface area contributed by atoms with E-state index >= 15 is 0 Å². The van der Waals surface area contributed by atoms with Gasteiger partial charge in [-0.25, -0.2) is 28.8 Å². The summed E-state index contributed by atoms with van der Waals surface area (Å²) in [5.74, 6) is -0.533. The molecule has 0 bridgehead atoms. The van der Waals surface area contributed by atoms with Gasteiger partial charge in [-0.3, -0.25) is 4.79 Å². The molecule has 208 valence electrons. The van der Waals surface area contributed by atoms with Crippen molar-refractivity contribution in [3.63, 3.8) is 0 Å². The number of hydrogen-bond donors (Lipinski definition) is 2. The van der Waals surface area contributed by atoms with Crippen molar-refractivity contribution < 1.29 is 18.7 Å². The molecular weight excluding hydrogens is 515 g/mol. The van der Waals surface area contributed by atoms with Crippen LogP contribution in [0.5, 0.6) is 0 Å². The maximum atomic E-state index is 13.5. The molecule has 1 aromatic carbocycles. The van der Waals surface area contributed by atoms with Gasteiger partial charge in [-0.15, -0.1) is 0 Å². The van der Waals surface area contributed by atoms with Crippen molar-refractivity contribution in [3.8, 4) is 11.3 Å². The quantitative estimate of drug-likeness (QED) is 0.371. The highest BCUT2D eigenvalue weighted by molar-refractivity contribution is 6.04. The molecule has 1 saturated heterocycles. The number of nitrogens with zero attached hydrogens (tertiary/aromatic N) is 6. The number of amides is 2. The Morgan fingerprint density at radius 1 is 1.12 bits per heavy atom. The average Bonchev–Trinajstić information content (AvgIpc) is 3.28. The van der Waals surface area contributed by atoms with E-state index in [1.807, 2.05) is 32.4 Å². The number of ether oxygens (including phenoxy) is 1. The molecule has 1 aliphatic heterocycles. The van der Waals surface area contributed by atoms with Crippen LogP contribution < -0.4 is 11.1 Å². The lowest BCUT2D eigenvalue weighted by Crippen LogP contribution is -2.49. The largest absolute Gasteiger partial charge is 0.444 e. The third-order valence-electron chi connectivity index (χ3n) is 6.79. The minimum absolute atomic E-state index is 0.116. The normalized spacial score (nSPS) is 17.6. The molecule has 1 unspecified atom stereocenters. The first kappa shape index (κ1) is 27.0. The van der Waals surface area contributed by atoms with Gasteiger partial charge in [0.05, 0.1) is 17.5 Å². The zero-order chi connectivity index (χ0) is 28.6. The first-order valence-electron chi connectivity index (χ1n) is 13.0. The number of likely N-dealkylation sites (tertiary alicyclic amines) is 1. The van der Waals surface area contributed by atoms with Crippen molar-refractivity contribution in [2.45, 2.75) is 58.2 Å². The summed E-state index contributed by atoms with van der Waals surface area (Å²) in [6.45, 7) is 8.10. The number of carbonyl (C=O) groups is 2. The van der Waals surface area contributed by atoms with Gasteiger partial charge in [0.2, 0.25) is 0 Å². The third kappa shape index (κ3) is 5.42. The molecule has 3 aromatic heterocycles. The average molecular weight is 547 g/mol. The summed E-state index contributed by atoms with van der Waals surface area (Å²) in [5.41, 5.74) is 7.89. The molecule has 0 spiro atoms. The second-order valence-corrected chi connectivity index (χ2v) is 10.8. The Hall–Kier alpha value is -4.61. The fourth-order valence-electron chi connectivity index (χ4n) is 4.90. The number of benzene rings is 1. The number of aromatic nitrogens is 5. The first-order valence-corrected chi connectivity index (χ1v) is 13.0. The molecule has 0 saturated carbocycles. The Bertz CT molecular complexity index is 1560. The lowest BCUT2D eigenvalue weighted by atomic mass is 9.98. The van der Waals surface area contributed by atoms with Crippen molar-refractivity contribution in [1.29, 1.82) is 0 Å². The molecule has 12 heteroatoms. The van der Waals surface area contributed by atoms with Crippen molar-refractivity contribution in [1.82, 2.24) is 29.6 Å². The van der Waals surface area contributed by atoms with Crippen molar-refractivity contribution in [2.75, 3.05) is 17.6 Å². The number of pyridine rings is 1. The number of nitrogens with one attached hydrogen (secondary N) is 1. The number of nitrogens with two attached hydrogens (primary N) is 1. The molecule has 2 atom stereocenters. The van der Waals surface area contributed by atoms with E-state index in [-0.39, 0.29) is 29.8 Å². The van der Waals surface area contributed by atoms with E-state index in [1.165, 1.54) is 18.6 Å². The predicted molar refractivity (Wildman–Crippen MR) is 148 cm³/mol. The van der Waals surface area contributed by atoms with E-state index < -0.39 is 17.3 Å². The van der Waals surface area contributed by atoms with Crippen LogP contribution in [0.25, 0.3) is 22.3 Å². The van der Waals surface area contributed by atoms with Crippen molar-refractivity contribution >= 4 is 34.7 Å². The molecule has 40 heavy (non-hydrogen) atoms. The summed E-state index contributed by atoms with van der Waals surface area (Å²) in [6, 6.07) is 8.75. The number of halogens is 1. The highest BCUT2D eigenvalue weighted by atomic mass is 19.1. The predicted octanol–water partition coefficient (Wildman–Crippen LogP) is 4.82. The highest BCUT2D eigenvalue weighted by Gasteiger charge is 2.36. The van der Waals surface area contributed by atoms with E-state index in [4.69, 9.17) is 15.6 Å². The molecule has 4 aromatic rings. The van der Waals surface area contributed by atoms with Crippen LogP contribution in [0.15, 0.2) is 48.9 Å². The first-order chi connectivity index (χ1) is 19.0. The Kier molecular flexibility index (Phi) is 7.09. The number of rotatable bonds is 4. The van der Waals surface area contributed by atoms with Crippen LogP contribution in [0, 0.1) is 5.82 Å². The number of piperidine rings is 1. The van der Waals surface area contributed by atoms with Gasteiger partial charge in [0.15, 0.2) is 5.65 Å². The molecule has 3 N–H and O–H groups in total. The number of anilines is 2. The standard InChI is InChI=1S/C28H31FN8O3/c1-16-20(6-5-13-36(16)27(39)40-28(2,3)4)37-25-22(24(30)32-15-33-25)23(35-37)17-7-9-18(10-8-17)26(38)34-21-14-19(29)11-12-31-21/h7-12,14-16,20H,5-6,13H2,1-4H3,(H2,30,32,33)(H,31,34,38)/t16-,20?/m1/s1. The summed E-state index contributed by atoms with van der Waals surface area (Å²) in [4.78, 5) is 40.0. The van der Waals surface area contributed by atoms with Gasteiger partial charge in [-0.05, 0) is 58.7 Å². The van der Waals surface area contributed by atoms with Gasteiger partial charge in [0, 0.05) is 29.9 Å². The monoisotopic (exact) mass is 546 g/mol. The summed E-state index contributed by atoms with van der Waals surface area (Å²) < 4.78 is 20.9. The van der Waals surface area contributed by atoms with E-state index in [2.05, 4.69) is 20.3 Å². The second-order valence-electron chi connectivity index (χ2n) is 10.8. The van der Waals surface area contributed by atoms with E-state index in [1.54, 1.807) is 29.2 Å². The van der Waals surface area contributed by atoms with Gasteiger partial charge < -0.3 is 20.7 Å². The Labute approximate surface area is 230 Å². The Morgan fingerprint density at radius 3 is 2.58 bits per heavy atom. The SMILES string of the molecule is C[C@@H]1C(n2nc(-c3ccc(C(=O)Nc4cc(F)ccn4)cc3)c3c(N)ncnc32)CCCN1C(=O)OC(C)(C)C. The molecule has 0 aliphatic carbocycles. The molecule has 4 heterocycles. The van der Waals surface area contributed by atoms with Crippen LogP contribution in [0.4, 0.5) is 20.8 Å². The van der Waals surface area contributed by atoms with Crippen LogP contribution in [0.1, 0.15) is 56.9 Å². The highest BCUT2D eigenvalue weighted by Crippen LogP contribution is 2.36. The van der Waals surface area contributed by atoms with Crippen LogP contribution in [-0.2, 0) is 4.74 Å². The van der Waals surface area contributed by atoms with Gasteiger partial charge in [-0.1, -0.05) is 12.1 Å². The van der Waals surface area contributed by atoms with Gasteiger partial charge in [0.1, 0.15) is 35.1 Å². The summed E-state index contributed by atoms with van der Waals surface area (Å²) in [6.07, 6.45) is 3.87. The maximum absolute atomic E-state index is 13.5. The van der Waals surface area contributed by atoms with Crippen LogP contribution in [0.2, 0.25) is 0 Å². The minimum atomic E-state index is -0.603. The van der Waals surface area contributed by atoms with Crippen molar-refractivity contribution in [2.24, 2.45) is 0 Å². The number of carbonyl (C=O) groups excluding carboxylic acids is 2. The molecular formula is C28H31FN8O3. The fraction of sp³-hybridized carbons (Fsp3) is 0.357. The summed E-state index contributed by atoms with van der Waals surface area (Å²) in [7, 11) is 0. The van der Waals surface area contributed by atoms with Crippen LogP contribution in [-0.4, -0.2) is 59.8 Å². The molecule has 11 nitrogen and oxygen atoms in total. The number of fused-ring (bicyclic) bond motifs is 1. The molecule has 0 radical (unpaired) electrons. The lowest BCUT2D eigenvalue weighted by Gasteiger charge is -2.39. The van der Waals surface area contributed by atoms with Crippen LogP contribution in [0.3, 0.4) is 0 Å². The Morgan fingerprint density at radius 2 is 1.88 bits per heavy atom. The number of nitrogen functional groups attached to an aromatic ring is 1. The summed E-state index contributed by atoms with van der Waals surface area (Å²) in [5, 5.41) is 8.09. The second kappa shape index (κ2) is 10.5. The van der Waals surface area contributed by atoms with E-state index in [0.717, 1.165) is 18.9 Å². The van der Waals surface area contributed by atoms with Gasteiger partial charge in [-0.2, -0.15) is 5.10 Å². The van der Waals surface area contributed by atoms with E-state index in [0.29, 0.717) is 34.4 Å². The molecule has 1 fully saturated rings. The molecule has 1 aliphatic rings. The topological polar surface area (TPSA) is 141 Å². The van der Waals surface area contributed by atoms with Gasteiger partial charge in [0.25, 0.3) is 5.91 Å². The summed E-state index contributed by atoms with van der Waals surface area (Å²) >= 11 is 0. The lowest BCUT2D eigenvalue weighted by molar-refractivity contribution is 0.00371. The zero-order valence-electron chi connectivity index (χ0n) is 22.8. The molecule has 2 amide bonds. The third-order valence-corrected chi connectivity index (χ3v) is 6.79. The van der Waals surface area contributed by atoms with Crippen molar-refractivity contribution in [3.05, 3.63) is 60.3 Å². The smallest absolute Gasteiger partial charge is 0.410 e.